The van der Waals surface area contributed by atoms with E-state index in [2.05, 4.69) is 64.7 Å². The summed E-state index contributed by atoms with van der Waals surface area (Å²) in [6, 6.07) is -0.898. The molecule has 53 heavy (non-hydrogen) atoms. The third kappa shape index (κ3) is 15.6. The van der Waals surface area contributed by atoms with Crippen LogP contribution in [0.1, 0.15) is 54.7 Å². The molecule has 0 saturated carbocycles. The number of amides is 1. The molecule has 0 aliphatic carbocycles. The number of alkyl halides is 1. The highest BCUT2D eigenvalue weighted by molar-refractivity contribution is 7.61. The number of carbonyl (C=O) groups excluding carboxylic acids is 1. The van der Waals surface area contributed by atoms with Crippen molar-refractivity contribution in [3.63, 3.8) is 0 Å². The first-order chi connectivity index (χ1) is 24.7. The van der Waals surface area contributed by atoms with Gasteiger partial charge in [-0.25, -0.2) is 18.3 Å². The van der Waals surface area contributed by atoms with E-state index in [1.165, 1.54) is 39.3 Å². The lowest BCUT2D eigenvalue weighted by atomic mass is 9.98. The molecule has 2 saturated heterocycles. The zero-order valence-corrected chi connectivity index (χ0v) is 32.7. The van der Waals surface area contributed by atoms with Crippen molar-refractivity contribution in [1.29, 1.82) is 0 Å². The van der Waals surface area contributed by atoms with Crippen molar-refractivity contribution < 1.29 is 71.4 Å². The first-order valence-electron chi connectivity index (χ1n) is 17.1. The molecule has 24 heteroatoms. The highest BCUT2D eigenvalue weighted by Gasteiger charge is 2.51. The molecule has 3 heterocycles. The van der Waals surface area contributed by atoms with Gasteiger partial charge >= 0.3 is 21.3 Å². The molecular formula is C29H56FN5O16P2. The molecular weight excluding hydrogens is 755 g/mol. The minimum atomic E-state index is -5.67. The Morgan fingerprint density at radius 2 is 1.43 bits per heavy atom. The Bertz CT molecular complexity index is 1430. The molecule has 1 aromatic rings. The smallest absolute Gasteiger partial charge is 0.394 e. The fourth-order valence-corrected chi connectivity index (χ4v) is 7.24. The molecule has 2 aliphatic heterocycles. The number of hydrogen-bond acceptors (Lipinski definition) is 16. The van der Waals surface area contributed by atoms with Gasteiger partial charge in [0, 0.05) is 19.2 Å². The van der Waals surface area contributed by atoms with Gasteiger partial charge in [0.2, 0.25) is 5.91 Å². The lowest BCUT2D eigenvalue weighted by Gasteiger charge is -2.41. The highest BCUT2D eigenvalue weighted by atomic mass is 31.3. The summed E-state index contributed by atoms with van der Waals surface area (Å²) < 4.78 is 63.1. The van der Waals surface area contributed by atoms with Crippen molar-refractivity contribution in [3.05, 3.63) is 33.1 Å². The Morgan fingerprint density at radius 3 is 1.87 bits per heavy atom. The molecule has 2 fully saturated rings. The molecule has 1 aromatic heterocycles. The summed E-state index contributed by atoms with van der Waals surface area (Å²) in [6.45, 7) is 19.1. The Morgan fingerprint density at radius 1 is 0.906 bits per heavy atom. The van der Waals surface area contributed by atoms with Gasteiger partial charge in [0.15, 0.2) is 18.7 Å². The van der Waals surface area contributed by atoms with E-state index in [0.29, 0.717) is 4.57 Å². The van der Waals surface area contributed by atoms with Gasteiger partial charge in [-0.1, -0.05) is 41.5 Å². The highest BCUT2D eigenvalue weighted by Crippen LogP contribution is 2.61. The Labute approximate surface area is 306 Å². The number of halogens is 1. The monoisotopic (exact) mass is 811 g/mol. The maximum absolute atomic E-state index is 14.2. The van der Waals surface area contributed by atoms with Crippen LogP contribution < -0.4 is 16.6 Å². The fraction of sp³-hybridized carbons (Fsp3) is 0.828. The van der Waals surface area contributed by atoms with Crippen LogP contribution in [0.15, 0.2) is 21.9 Å². The molecule has 3 rings (SSSR count). The van der Waals surface area contributed by atoms with Gasteiger partial charge in [0.05, 0.1) is 13.2 Å². The average molecular weight is 812 g/mol. The van der Waals surface area contributed by atoms with Gasteiger partial charge in [-0.15, -0.1) is 0 Å². The number of aliphatic hydroxyl groups excluding tert-OH is 4. The largest absolute Gasteiger partial charge is 0.483 e. The van der Waals surface area contributed by atoms with Gasteiger partial charge in [0.25, 0.3) is 5.56 Å². The van der Waals surface area contributed by atoms with Crippen LogP contribution in [0.3, 0.4) is 0 Å². The molecule has 1 amide bonds. The summed E-state index contributed by atoms with van der Waals surface area (Å²) in [6.07, 6.45) is -14.1. The summed E-state index contributed by atoms with van der Waals surface area (Å²) in [7, 11) is -11.2. The zero-order valence-electron chi connectivity index (χ0n) is 30.9. The fourth-order valence-electron chi connectivity index (χ4n) is 5.07. The average Bonchev–Trinajstić information content (AvgIpc) is 3.37. The van der Waals surface area contributed by atoms with E-state index < -0.39 is 101 Å². The first-order valence-corrected chi connectivity index (χ1v) is 20.1. The number of aromatic amines is 1. The zero-order chi connectivity index (χ0) is 40.7. The molecule has 0 bridgehead atoms. The maximum atomic E-state index is 14.2. The van der Waals surface area contributed by atoms with Gasteiger partial charge < -0.3 is 54.8 Å². The number of nitrogens with zero attached hydrogens (tertiary/aromatic N) is 3. The molecule has 8 N–H and O–H groups in total. The van der Waals surface area contributed by atoms with E-state index in [9.17, 15) is 58.1 Å². The van der Waals surface area contributed by atoms with Crippen molar-refractivity contribution >= 4 is 21.6 Å². The van der Waals surface area contributed by atoms with Crippen LogP contribution >= 0.6 is 15.6 Å². The van der Waals surface area contributed by atoms with Crippen LogP contribution in [0.2, 0.25) is 0 Å². The van der Waals surface area contributed by atoms with Gasteiger partial charge in [-0.3, -0.25) is 28.2 Å². The lowest BCUT2D eigenvalue weighted by Crippen LogP contribution is -2.63. The van der Waals surface area contributed by atoms with E-state index in [1.807, 2.05) is 10.3 Å². The Hall–Kier alpha value is -1.98. The van der Waals surface area contributed by atoms with Crippen LogP contribution in [0.4, 0.5) is 4.39 Å². The van der Waals surface area contributed by atoms with Crippen LogP contribution in [0.25, 0.3) is 0 Å². The number of aromatic nitrogens is 2. The van der Waals surface area contributed by atoms with E-state index in [0.717, 1.165) is 19.2 Å². The van der Waals surface area contributed by atoms with Crippen molar-refractivity contribution in [2.45, 2.75) is 104 Å². The minimum Gasteiger partial charge on any atom is -0.394 e. The predicted octanol–water partition coefficient (Wildman–Crippen LogP) is -0.976. The maximum Gasteiger partial charge on any atom is 0.483 e. The second kappa shape index (κ2) is 23.2. The SMILES string of the molecule is CC(=O)N[C@H]1[C@@H](OP(=O)(O)OP(=O)(O)OC[C@H]2O[C@@H](n3ccc(=O)[nH]c3=O)[C@H](O)[C@@H]2O)O[C@H](CO)[C@@H](F)[C@@H]1O.CCN(CC)CC.CCN(CC)CC. The molecule has 310 valence electrons. The van der Waals surface area contributed by atoms with Gasteiger partial charge in [0.1, 0.15) is 36.6 Å². The molecule has 0 spiro atoms. The van der Waals surface area contributed by atoms with Crippen molar-refractivity contribution in [1.82, 2.24) is 24.7 Å². The molecule has 0 aromatic carbocycles. The summed E-state index contributed by atoms with van der Waals surface area (Å²) in [5, 5.41) is 41.7. The number of hydrogen-bond donors (Lipinski definition) is 8. The summed E-state index contributed by atoms with van der Waals surface area (Å²) >= 11 is 0. The number of ether oxygens (including phenoxy) is 2. The molecule has 21 nitrogen and oxygen atoms in total. The van der Waals surface area contributed by atoms with Crippen LogP contribution in [-0.4, -0.2) is 157 Å². The van der Waals surface area contributed by atoms with Crippen LogP contribution in [-0.2, 0) is 36.8 Å². The number of nitrogens with one attached hydrogen (secondary N) is 2. The second-order valence-electron chi connectivity index (χ2n) is 11.6. The van der Waals surface area contributed by atoms with E-state index in [1.54, 1.807) is 0 Å². The van der Waals surface area contributed by atoms with Gasteiger partial charge in [-0.05, 0) is 39.3 Å². The Balaban J connectivity index is 0.000000845. The number of aliphatic hydroxyl groups is 4. The summed E-state index contributed by atoms with van der Waals surface area (Å²) in [5.41, 5.74) is -1.77. The topological polar surface area (TPSA) is 292 Å². The lowest BCUT2D eigenvalue weighted by molar-refractivity contribution is -0.233. The summed E-state index contributed by atoms with van der Waals surface area (Å²) in [4.78, 5) is 61.1. The molecule has 11 atom stereocenters. The number of phosphoric ester groups is 2. The van der Waals surface area contributed by atoms with Gasteiger partial charge in [-0.2, -0.15) is 4.31 Å². The van der Waals surface area contributed by atoms with Crippen molar-refractivity contribution in [2.24, 2.45) is 0 Å². The molecule has 2 aliphatic rings. The minimum absolute atomic E-state index is 0.714. The van der Waals surface area contributed by atoms with Crippen molar-refractivity contribution in [2.75, 3.05) is 52.5 Å². The first kappa shape index (κ1) is 49.0. The number of phosphoric acid groups is 2. The van der Waals surface area contributed by atoms with E-state index in [4.69, 9.17) is 9.47 Å². The number of carbonyl (C=O) groups is 1. The van der Waals surface area contributed by atoms with E-state index in [-0.39, 0.29) is 0 Å². The van der Waals surface area contributed by atoms with Crippen LogP contribution in [0.5, 0.6) is 0 Å². The third-order valence-electron chi connectivity index (χ3n) is 8.19. The summed E-state index contributed by atoms with van der Waals surface area (Å²) in [5.74, 6) is -0.851. The predicted molar refractivity (Wildman–Crippen MR) is 186 cm³/mol. The quantitative estimate of drug-likeness (QED) is 0.0931. The van der Waals surface area contributed by atoms with Crippen molar-refractivity contribution in [3.8, 4) is 0 Å². The third-order valence-corrected chi connectivity index (χ3v) is 10.8. The number of rotatable bonds is 16. The Kier molecular flexibility index (Phi) is 21.4. The molecule has 2 unspecified atom stereocenters. The van der Waals surface area contributed by atoms with E-state index >= 15 is 0 Å². The standard InChI is InChI=1S/C17H26FN3O16P2.2C6H15N/c1-6(23)19-11-13(26)10(18)7(4-22)35-16(11)36-39(31,32)37-38(29,30)33-5-8-12(25)14(27)15(34-8)21-3-2-9(24)20-17(21)28;2*1-4-7(5-2)6-3/h2-3,7-8,10-16,22,25-27H,4-5H2,1H3,(H,19,23)(H,29,30)(H,31,32)(H,20,24,28);2*4-6H2,1-3H3/t7-,8-,10-,11-,12-,13+,14-,15-,16-;;/m1../s1. The second-order valence-corrected chi connectivity index (χ2v) is 14.6. The van der Waals surface area contributed by atoms with Crippen LogP contribution in [0, 0.1) is 0 Å². The molecule has 0 radical (unpaired) electrons. The number of H-pyrrole nitrogens is 1. The normalized spacial score (nSPS) is 29.3.